The van der Waals surface area contributed by atoms with Crippen molar-refractivity contribution in [2.75, 3.05) is 0 Å². The molecule has 0 radical (unpaired) electrons. The highest BCUT2D eigenvalue weighted by molar-refractivity contribution is 9.11. The van der Waals surface area contributed by atoms with Crippen LogP contribution in [0.15, 0.2) is 45.5 Å². The van der Waals surface area contributed by atoms with E-state index in [0.29, 0.717) is 22.2 Å². The Balaban J connectivity index is 1.56. The third kappa shape index (κ3) is 2.80. The van der Waals surface area contributed by atoms with Gasteiger partial charge in [-0.05, 0) is 83.4 Å². The van der Waals surface area contributed by atoms with Crippen molar-refractivity contribution in [3.8, 4) is 5.75 Å². The molecular weight excluding hydrogens is 570 g/mol. The Hall–Kier alpha value is -2.38. The van der Waals surface area contributed by atoms with Gasteiger partial charge in [-0.15, -0.1) is 0 Å². The number of aromatic nitrogens is 3. The number of carbonyl (C=O) groups excluding carboxylic acids is 1. The van der Waals surface area contributed by atoms with E-state index in [9.17, 15) is 4.79 Å². The normalized spacial score (nSPS) is 24.2. The van der Waals surface area contributed by atoms with Gasteiger partial charge in [0.2, 0.25) is 0 Å². The van der Waals surface area contributed by atoms with Gasteiger partial charge in [0.05, 0.1) is 26.9 Å². The molecule has 2 atom stereocenters. The molecule has 4 aromatic rings. The SMILES string of the molecule is Cc1cc2nc3c(nc2cc1C)C1(C(=O)Oc2c(Br)cc(Br)c4cccnc24)CCC3(C)C1(C)C. The van der Waals surface area contributed by atoms with E-state index in [-0.39, 0.29) is 11.4 Å². The zero-order chi connectivity index (χ0) is 24.9. The quantitative estimate of drug-likeness (QED) is 0.181. The number of aryl methyl sites for hydroxylation is 2. The third-order valence-corrected chi connectivity index (χ3v) is 10.2. The fourth-order valence-electron chi connectivity index (χ4n) is 6.23. The second-order valence-corrected chi connectivity index (χ2v) is 12.4. The Morgan fingerprint density at radius 3 is 2.29 bits per heavy atom. The fourth-order valence-corrected chi connectivity index (χ4v) is 7.59. The highest BCUT2D eigenvalue weighted by Gasteiger charge is 2.74. The third-order valence-electron chi connectivity index (χ3n) is 8.95. The Kier molecular flexibility index (Phi) is 4.82. The second-order valence-electron chi connectivity index (χ2n) is 10.7. The number of pyridine rings is 1. The van der Waals surface area contributed by atoms with Crippen LogP contribution in [0.4, 0.5) is 0 Å². The molecule has 1 saturated carbocycles. The summed E-state index contributed by atoms with van der Waals surface area (Å²) in [5.41, 5.74) is 4.78. The standard InChI is InChI=1S/C28H25Br2N3O2/c1-14-11-19-20(12-15(14)2)33-24-23(32-19)27(5)8-9-28(24,26(27,3)4)25(34)35-22-18(30)13-17(29)16-7-6-10-31-21(16)22/h6-7,10-13H,8-9H2,1-5H3. The number of carbonyl (C=O) groups is 1. The van der Waals surface area contributed by atoms with Crippen molar-refractivity contribution in [3.63, 3.8) is 0 Å². The largest absolute Gasteiger partial charge is 0.422 e. The molecular formula is C28H25Br2N3O2. The topological polar surface area (TPSA) is 65.0 Å². The molecule has 0 amide bonds. The number of hydrogen-bond acceptors (Lipinski definition) is 5. The van der Waals surface area contributed by atoms with E-state index in [0.717, 1.165) is 44.3 Å². The smallest absolute Gasteiger partial charge is 0.324 e. The molecule has 7 heteroatoms. The molecule has 178 valence electrons. The predicted octanol–water partition coefficient (Wildman–Crippen LogP) is 7.25. The first-order valence-electron chi connectivity index (χ1n) is 11.8. The van der Waals surface area contributed by atoms with Gasteiger partial charge in [-0.3, -0.25) is 9.78 Å². The number of ether oxygens (including phenoxy) is 1. The maximum atomic E-state index is 14.3. The number of rotatable bonds is 2. The van der Waals surface area contributed by atoms with Crippen molar-refractivity contribution in [1.29, 1.82) is 0 Å². The average Bonchev–Trinajstić information content (AvgIpc) is 3.11. The summed E-state index contributed by atoms with van der Waals surface area (Å²) in [6, 6.07) is 9.89. The van der Waals surface area contributed by atoms with Crippen molar-refractivity contribution in [2.24, 2.45) is 5.41 Å². The van der Waals surface area contributed by atoms with Crippen LogP contribution >= 0.6 is 31.9 Å². The van der Waals surface area contributed by atoms with Crippen LogP contribution in [0.25, 0.3) is 21.9 Å². The number of nitrogens with zero attached hydrogens (tertiary/aromatic N) is 3. The Bertz CT molecular complexity index is 1600. The summed E-state index contributed by atoms with van der Waals surface area (Å²) >= 11 is 7.20. The van der Waals surface area contributed by atoms with E-state index in [2.05, 4.69) is 83.6 Å². The number of benzene rings is 2. The van der Waals surface area contributed by atoms with E-state index in [4.69, 9.17) is 14.7 Å². The first-order valence-corrected chi connectivity index (χ1v) is 13.3. The summed E-state index contributed by atoms with van der Waals surface area (Å²) in [6.45, 7) is 10.7. The molecule has 2 aromatic carbocycles. The Morgan fingerprint density at radius 1 is 0.943 bits per heavy atom. The van der Waals surface area contributed by atoms with Gasteiger partial charge >= 0.3 is 5.97 Å². The highest BCUT2D eigenvalue weighted by Crippen LogP contribution is 2.70. The lowest BCUT2D eigenvalue weighted by Crippen LogP contribution is -2.48. The summed E-state index contributed by atoms with van der Waals surface area (Å²) in [5, 5.41) is 0.884. The number of hydrogen-bond donors (Lipinski definition) is 0. The molecule has 2 unspecified atom stereocenters. The minimum Gasteiger partial charge on any atom is -0.422 e. The van der Waals surface area contributed by atoms with Crippen LogP contribution < -0.4 is 4.74 Å². The molecule has 2 heterocycles. The predicted molar refractivity (Wildman–Crippen MR) is 144 cm³/mol. The van der Waals surface area contributed by atoms with Gasteiger partial charge in [0.1, 0.15) is 10.9 Å². The van der Waals surface area contributed by atoms with Gasteiger partial charge in [0.25, 0.3) is 0 Å². The zero-order valence-corrected chi connectivity index (χ0v) is 23.5. The minimum atomic E-state index is -0.898. The highest BCUT2D eigenvalue weighted by atomic mass is 79.9. The summed E-state index contributed by atoms with van der Waals surface area (Å²) in [5.74, 6) is 0.138. The van der Waals surface area contributed by atoms with E-state index in [1.54, 1.807) is 6.20 Å². The maximum absolute atomic E-state index is 14.3. The maximum Gasteiger partial charge on any atom is 0.324 e. The minimum absolute atomic E-state index is 0.279. The van der Waals surface area contributed by atoms with Gasteiger partial charge in [-0.1, -0.05) is 42.8 Å². The van der Waals surface area contributed by atoms with Gasteiger partial charge in [0.15, 0.2) is 5.75 Å². The molecule has 0 N–H and O–H groups in total. The van der Waals surface area contributed by atoms with Crippen molar-refractivity contribution in [3.05, 3.63) is 68.0 Å². The molecule has 2 bridgehead atoms. The summed E-state index contributed by atoms with van der Waals surface area (Å²) in [7, 11) is 0. The number of fused-ring (bicyclic) bond motifs is 7. The lowest BCUT2D eigenvalue weighted by atomic mass is 9.64. The van der Waals surface area contributed by atoms with Gasteiger partial charge in [0, 0.05) is 21.5 Å². The zero-order valence-electron chi connectivity index (χ0n) is 20.3. The van der Waals surface area contributed by atoms with E-state index in [1.807, 2.05) is 18.2 Å². The van der Waals surface area contributed by atoms with Gasteiger partial charge in [-0.25, -0.2) is 9.97 Å². The van der Waals surface area contributed by atoms with Crippen molar-refractivity contribution >= 4 is 59.8 Å². The monoisotopic (exact) mass is 593 g/mol. The Morgan fingerprint density at radius 2 is 1.60 bits per heavy atom. The van der Waals surface area contributed by atoms with Gasteiger partial charge in [-0.2, -0.15) is 0 Å². The molecule has 0 spiro atoms. The first kappa shape index (κ1) is 23.0. The molecule has 0 saturated heterocycles. The second kappa shape index (κ2) is 7.32. The molecule has 2 aliphatic carbocycles. The van der Waals surface area contributed by atoms with Crippen LogP contribution in [0.1, 0.15) is 56.1 Å². The summed E-state index contributed by atoms with van der Waals surface area (Å²) < 4.78 is 7.83. The molecule has 0 aliphatic heterocycles. The molecule has 2 aromatic heterocycles. The van der Waals surface area contributed by atoms with E-state index < -0.39 is 10.8 Å². The molecule has 35 heavy (non-hydrogen) atoms. The van der Waals surface area contributed by atoms with Crippen molar-refractivity contribution in [2.45, 2.75) is 58.3 Å². The average molecular weight is 595 g/mol. The van der Waals surface area contributed by atoms with Crippen LogP contribution in [0.5, 0.6) is 5.75 Å². The lowest BCUT2D eigenvalue weighted by molar-refractivity contribution is -0.145. The van der Waals surface area contributed by atoms with Crippen LogP contribution in [0.3, 0.4) is 0 Å². The number of esters is 1. The lowest BCUT2D eigenvalue weighted by Gasteiger charge is -2.38. The van der Waals surface area contributed by atoms with E-state index in [1.165, 1.54) is 5.56 Å². The van der Waals surface area contributed by atoms with Gasteiger partial charge < -0.3 is 4.74 Å². The van der Waals surface area contributed by atoms with Crippen LogP contribution in [0, 0.1) is 19.3 Å². The molecule has 6 rings (SSSR count). The van der Waals surface area contributed by atoms with Crippen molar-refractivity contribution in [1.82, 2.24) is 15.0 Å². The summed E-state index contributed by atoms with van der Waals surface area (Å²) in [4.78, 5) is 29.1. The fraction of sp³-hybridized carbons (Fsp3) is 0.357. The summed E-state index contributed by atoms with van der Waals surface area (Å²) in [6.07, 6.45) is 3.24. The molecule has 5 nitrogen and oxygen atoms in total. The van der Waals surface area contributed by atoms with Crippen LogP contribution in [-0.4, -0.2) is 20.9 Å². The Labute approximate surface area is 221 Å². The van der Waals surface area contributed by atoms with Crippen LogP contribution in [-0.2, 0) is 15.6 Å². The molecule has 2 aliphatic rings. The first-order chi connectivity index (χ1) is 16.5. The number of halogens is 2. The van der Waals surface area contributed by atoms with Crippen LogP contribution in [0.2, 0.25) is 0 Å². The van der Waals surface area contributed by atoms with E-state index >= 15 is 0 Å². The molecule has 1 fully saturated rings. The van der Waals surface area contributed by atoms with Crippen molar-refractivity contribution < 1.29 is 9.53 Å².